The number of hydrogen-bond donors (Lipinski definition) is 0. The van der Waals surface area contributed by atoms with Gasteiger partial charge in [-0.25, -0.2) is 9.97 Å². The van der Waals surface area contributed by atoms with Crippen LogP contribution in [0.2, 0.25) is 0 Å². The Labute approximate surface area is 168 Å². The number of carbonyl (C=O) groups is 1. The summed E-state index contributed by atoms with van der Waals surface area (Å²) in [6.45, 7) is 11.7. The second kappa shape index (κ2) is 8.69. The number of rotatable bonds is 5. The lowest BCUT2D eigenvalue weighted by molar-refractivity contribution is -0.123. The van der Waals surface area contributed by atoms with E-state index in [1.807, 2.05) is 51.2 Å². The maximum absolute atomic E-state index is 12.9. The van der Waals surface area contributed by atoms with Gasteiger partial charge in [0.05, 0.1) is 6.04 Å². The summed E-state index contributed by atoms with van der Waals surface area (Å²) in [7, 11) is 1.85. The van der Waals surface area contributed by atoms with Crippen molar-refractivity contribution >= 4 is 17.4 Å². The van der Waals surface area contributed by atoms with Crippen LogP contribution in [0.1, 0.15) is 38.2 Å². The molecule has 2 aromatic rings. The summed E-state index contributed by atoms with van der Waals surface area (Å²) in [5.41, 5.74) is 1.93. The molecule has 1 amide bonds. The number of aryl methyl sites for hydroxylation is 1. The van der Waals surface area contributed by atoms with Crippen LogP contribution in [0.5, 0.6) is 0 Å². The van der Waals surface area contributed by atoms with E-state index in [4.69, 9.17) is 4.98 Å². The van der Waals surface area contributed by atoms with Crippen molar-refractivity contribution in [3.05, 3.63) is 47.9 Å². The molecule has 0 aliphatic carbocycles. The normalized spacial score (nSPS) is 16.3. The van der Waals surface area contributed by atoms with Crippen molar-refractivity contribution in [2.24, 2.45) is 0 Å². The van der Waals surface area contributed by atoms with Crippen LogP contribution in [-0.4, -0.2) is 60.0 Å². The minimum Gasteiger partial charge on any atom is -0.354 e. The molecule has 1 aromatic carbocycles. The molecule has 1 aliphatic rings. The maximum Gasteiger partial charge on any atom is 0.243 e. The molecule has 1 aliphatic heterocycles. The lowest BCUT2D eigenvalue weighted by Crippen LogP contribution is -2.54. The molecule has 0 saturated carbocycles. The summed E-state index contributed by atoms with van der Waals surface area (Å²) in [5, 5.41) is 0. The monoisotopic (exact) mass is 381 g/mol. The van der Waals surface area contributed by atoms with Gasteiger partial charge < -0.3 is 9.80 Å². The molecular weight excluding hydrogens is 350 g/mol. The summed E-state index contributed by atoms with van der Waals surface area (Å²) in [6, 6.07) is 11.7. The van der Waals surface area contributed by atoms with Gasteiger partial charge in [-0.3, -0.25) is 9.69 Å². The highest BCUT2D eigenvalue weighted by Gasteiger charge is 2.28. The fourth-order valence-corrected chi connectivity index (χ4v) is 3.55. The molecular formula is C22H31N5O. The average Bonchev–Trinajstić information content (AvgIpc) is 2.72. The van der Waals surface area contributed by atoms with Gasteiger partial charge in [0.1, 0.15) is 11.6 Å². The van der Waals surface area contributed by atoms with E-state index in [0.29, 0.717) is 5.92 Å². The number of likely N-dealkylation sites (N-methyl/N-ethyl adjacent to an activating group) is 1. The molecule has 150 valence electrons. The van der Waals surface area contributed by atoms with Gasteiger partial charge in [-0.05, 0) is 26.0 Å². The Balaban J connectivity index is 1.63. The first-order chi connectivity index (χ1) is 13.4. The quantitative estimate of drug-likeness (QED) is 0.797. The van der Waals surface area contributed by atoms with Crippen molar-refractivity contribution < 1.29 is 4.79 Å². The molecule has 28 heavy (non-hydrogen) atoms. The highest BCUT2D eigenvalue weighted by Crippen LogP contribution is 2.20. The van der Waals surface area contributed by atoms with Crippen LogP contribution in [0.15, 0.2) is 36.4 Å². The van der Waals surface area contributed by atoms with Crippen LogP contribution in [0.3, 0.4) is 0 Å². The predicted molar refractivity (Wildman–Crippen MR) is 114 cm³/mol. The number of carbonyl (C=O) groups excluding carboxylic acids is 1. The maximum atomic E-state index is 12.9. The molecule has 1 atom stereocenters. The first kappa shape index (κ1) is 20.3. The summed E-state index contributed by atoms with van der Waals surface area (Å²) < 4.78 is 0. The fourth-order valence-electron chi connectivity index (χ4n) is 3.55. The molecule has 6 heteroatoms. The number of para-hydroxylation sites is 1. The number of piperazine rings is 1. The third-order valence-corrected chi connectivity index (χ3v) is 5.39. The number of hydrogen-bond acceptors (Lipinski definition) is 5. The van der Waals surface area contributed by atoms with E-state index >= 15 is 0 Å². The second-order valence-corrected chi connectivity index (χ2v) is 7.81. The highest BCUT2D eigenvalue weighted by molar-refractivity contribution is 5.96. The third kappa shape index (κ3) is 4.50. The summed E-state index contributed by atoms with van der Waals surface area (Å²) in [6.07, 6.45) is 0. The van der Waals surface area contributed by atoms with Crippen molar-refractivity contribution in [2.75, 3.05) is 43.0 Å². The van der Waals surface area contributed by atoms with Crippen LogP contribution in [0, 0.1) is 6.92 Å². The molecule has 2 heterocycles. The standard InChI is InChI=1S/C22H31N5O/c1-16(2)21-23-17(3)15-20(24-21)27-13-11-26(12-14-27)18(4)22(28)25(5)19-9-7-6-8-10-19/h6-10,15-16,18H,11-14H2,1-5H3/t18-/m0/s1. The van der Waals surface area contributed by atoms with Crippen molar-refractivity contribution in [3.63, 3.8) is 0 Å². The zero-order valence-electron chi connectivity index (χ0n) is 17.6. The largest absolute Gasteiger partial charge is 0.354 e. The van der Waals surface area contributed by atoms with Gasteiger partial charge in [0, 0.05) is 56.6 Å². The van der Waals surface area contributed by atoms with E-state index in [2.05, 4.69) is 34.7 Å². The Kier molecular flexibility index (Phi) is 6.29. The Morgan fingerprint density at radius 1 is 1.04 bits per heavy atom. The van der Waals surface area contributed by atoms with Gasteiger partial charge in [-0.15, -0.1) is 0 Å². The average molecular weight is 382 g/mol. The molecule has 1 aromatic heterocycles. The first-order valence-electron chi connectivity index (χ1n) is 10.0. The molecule has 0 bridgehead atoms. The zero-order valence-corrected chi connectivity index (χ0v) is 17.6. The Morgan fingerprint density at radius 3 is 2.29 bits per heavy atom. The third-order valence-electron chi connectivity index (χ3n) is 5.39. The van der Waals surface area contributed by atoms with E-state index in [1.165, 1.54) is 0 Å². The summed E-state index contributed by atoms with van der Waals surface area (Å²) in [4.78, 5) is 28.5. The minimum absolute atomic E-state index is 0.125. The van der Waals surface area contributed by atoms with Gasteiger partial charge in [-0.1, -0.05) is 32.0 Å². The number of aromatic nitrogens is 2. The van der Waals surface area contributed by atoms with E-state index in [9.17, 15) is 4.79 Å². The number of anilines is 2. The Bertz CT molecular complexity index is 800. The van der Waals surface area contributed by atoms with Crippen molar-refractivity contribution in [2.45, 2.75) is 39.7 Å². The smallest absolute Gasteiger partial charge is 0.243 e. The molecule has 6 nitrogen and oxygen atoms in total. The van der Waals surface area contributed by atoms with Gasteiger partial charge in [-0.2, -0.15) is 0 Å². The van der Waals surface area contributed by atoms with Gasteiger partial charge >= 0.3 is 0 Å². The van der Waals surface area contributed by atoms with Crippen molar-refractivity contribution in [3.8, 4) is 0 Å². The summed E-state index contributed by atoms with van der Waals surface area (Å²) in [5.74, 6) is 2.33. The number of benzene rings is 1. The highest BCUT2D eigenvalue weighted by atomic mass is 16.2. The van der Waals surface area contributed by atoms with Gasteiger partial charge in [0.25, 0.3) is 0 Å². The van der Waals surface area contributed by atoms with Crippen molar-refractivity contribution in [1.29, 1.82) is 0 Å². The van der Waals surface area contributed by atoms with Crippen LogP contribution >= 0.6 is 0 Å². The van der Waals surface area contributed by atoms with E-state index in [1.54, 1.807) is 4.90 Å². The topological polar surface area (TPSA) is 52.6 Å². The Morgan fingerprint density at radius 2 is 1.68 bits per heavy atom. The van der Waals surface area contributed by atoms with Crippen LogP contribution in [-0.2, 0) is 4.79 Å². The molecule has 3 rings (SSSR count). The van der Waals surface area contributed by atoms with Crippen LogP contribution < -0.4 is 9.80 Å². The lowest BCUT2D eigenvalue weighted by atomic mass is 10.2. The minimum atomic E-state index is -0.147. The summed E-state index contributed by atoms with van der Waals surface area (Å²) >= 11 is 0. The molecule has 1 fully saturated rings. The van der Waals surface area contributed by atoms with Gasteiger partial charge in [0.2, 0.25) is 5.91 Å². The predicted octanol–water partition coefficient (Wildman–Crippen LogP) is 3.08. The van der Waals surface area contributed by atoms with E-state index in [-0.39, 0.29) is 11.9 Å². The molecule has 0 N–H and O–H groups in total. The molecule has 1 saturated heterocycles. The SMILES string of the molecule is Cc1cc(N2CCN([C@@H](C)C(=O)N(C)c3ccccc3)CC2)nc(C(C)C)n1. The number of nitrogens with zero attached hydrogens (tertiary/aromatic N) is 5. The number of amides is 1. The zero-order chi connectivity index (χ0) is 20.3. The van der Waals surface area contributed by atoms with E-state index < -0.39 is 0 Å². The Hall–Kier alpha value is -2.47. The molecule has 0 spiro atoms. The lowest BCUT2D eigenvalue weighted by Gasteiger charge is -2.39. The van der Waals surface area contributed by atoms with Gasteiger partial charge in [0.15, 0.2) is 0 Å². The fraction of sp³-hybridized carbons (Fsp3) is 0.500. The van der Waals surface area contributed by atoms with E-state index in [0.717, 1.165) is 49.2 Å². The van der Waals surface area contributed by atoms with Crippen molar-refractivity contribution in [1.82, 2.24) is 14.9 Å². The molecule has 0 unspecified atom stereocenters. The first-order valence-corrected chi connectivity index (χ1v) is 10.0. The molecule has 0 radical (unpaired) electrons. The van der Waals surface area contributed by atoms with Crippen LogP contribution in [0.25, 0.3) is 0 Å². The van der Waals surface area contributed by atoms with Crippen LogP contribution in [0.4, 0.5) is 11.5 Å². The second-order valence-electron chi connectivity index (χ2n) is 7.81.